The first-order valence-electron chi connectivity index (χ1n) is 6.05. The molecule has 0 aliphatic rings. The minimum atomic E-state index is -0.179. The second-order valence-corrected chi connectivity index (χ2v) is 4.26. The predicted octanol–water partition coefficient (Wildman–Crippen LogP) is 1.39. The van der Waals surface area contributed by atoms with Crippen LogP contribution in [0.2, 0.25) is 0 Å². The molecule has 0 aliphatic carbocycles. The first kappa shape index (κ1) is 13.6. The average molecular weight is 235 g/mol. The quantitative estimate of drug-likeness (QED) is 0.783. The van der Waals surface area contributed by atoms with Crippen molar-refractivity contribution in [1.29, 1.82) is 0 Å². The van der Waals surface area contributed by atoms with E-state index in [9.17, 15) is 4.79 Å². The minimum absolute atomic E-state index is 0.0486. The zero-order valence-corrected chi connectivity index (χ0v) is 10.8. The molecule has 1 aromatic rings. The van der Waals surface area contributed by atoms with Gasteiger partial charge in [0.15, 0.2) is 0 Å². The molecule has 4 heteroatoms. The number of nitrogens with zero attached hydrogens (tertiary/aromatic N) is 1. The number of aryl methyl sites for hydroxylation is 1. The number of carbonyl (C=O) groups excluding carboxylic acids is 1. The molecule has 1 aromatic heterocycles. The van der Waals surface area contributed by atoms with Crippen molar-refractivity contribution >= 4 is 5.91 Å². The van der Waals surface area contributed by atoms with Crippen molar-refractivity contribution in [1.82, 2.24) is 15.6 Å². The molecule has 0 saturated heterocycles. The number of carbonyl (C=O) groups is 1. The molecule has 0 aliphatic heterocycles. The lowest BCUT2D eigenvalue weighted by Crippen LogP contribution is -2.42. The van der Waals surface area contributed by atoms with Gasteiger partial charge in [-0.2, -0.15) is 0 Å². The van der Waals surface area contributed by atoms with Gasteiger partial charge >= 0.3 is 0 Å². The number of aromatic nitrogens is 1. The van der Waals surface area contributed by atoms with Crippen LogP contribution in [0.5, 0.6) is 0 Å². The van der Waals surface area contributed by atoms with Crippen LogP contribution in [0.4, 0.5) is 0 Å². The molecular formula is C13H21N3O. The van der Waals surface area contributed by atoms with Crippen molar-refractivity contribution in [3.05, 3.63) is 29.6 Å². The van der Waals surface area contributed by atoms with Gasteiger partial charge in [-0.3, -0.25) is 9.78 Å². The van der Waals surface area contributed by atoms with Crippen molar-refractivity contribution < 1.29 is 4.79 Å². The maximum atomic E-state index is 11.6. The van der Waals surface area contributed by atoms with Crippen LogP contribution in [0.3, 0.4) is 0 Å². The monoisotopic (exact) mass is 235 g/mol. The molecule has 17 heavy (non-hydrogen) atoms. The van der Waals surface area contributed by atoms with Crippen LogP contribution in [0.1, 0.15) is 31.4 Å². The molecule has 0 aromatic carbocycles. The Hall–Kier alpha value is -1.42. The number of rotatable bonds is 6. The summed E-state index contributed by atoms with van der Waals surface area (Å²) in [5, 5.41) is 6.05. The normalized spacial score (nSPS) is 12.2. The molecule has 0 fully saturated rings. The summed E-state index contributed by atoms with van der Waals surface area (Å²) in [5.41, 5.74) is 2.23. The van der Waals surface area contributed by atoms with E-state index in [1.165, 1.54) is 0 Å². The highest BCUT2D eigenvalue weighted by molar-refractivity contribution is 5.81. The van der Waals surface area contributed by atoms with Crippen molar-refractivity contribution in [2.75, 3.05) is 6.54 Å². The van der Waals surface area contributed by atoms with Crippen molar-refractivity contribution in [3.63, 3.8) is 0 Å². The molecular weight excluding hydrogens is 214 g/mol. The lowest BCUT2D eigenvalue weighted by molar-refractivity contribution is -0.122. The van der Waals surface area contributed by atoms with E-state index in [2.05, 4.69) is 21.7 Å². The fourth-order valence-corrected chi connectivity index (χ4v) is 1.48. The lowest BCUT2D eigenvalue weighted by Gasteiger charge is -2.13. The SMILES string of the molecule is CCCNC(=O)C(C)NCc1cncc(C)c1. The molecule has 0 radical (unpaired) electrons. The van der Waals surface area contributed by atoms with Gasteiger partial charge in [0, 0.05) is 25.5 Å². The third-order valence-electron chi connectivity index (χ3n) is 2.49. The Labute approximate surface area is 103 Å². The smallest absolute Gasteiger partial charge is 0.236 e. The van der Waals surface area contributed by atoms with Gasteiger partial charge in [0.2, 0.25) is 5.91 Å². The van der Waals surface area contributed by atoms with Crippen molar-refractivity contribution in [3.8, 4) is 0 Å². The van der Waals surface area contributed by atoms with Gasteiger partial charge in [-0.05, 0) is 31.4 Å². The maximum absolute atomic E-state index is 11.6. The van der Waals surface area contributed by atoms with E-state index >= 15 is 0 Å². The standard InChI is InChI=1S/C13H21N3O/c1-4-5-15-13(17)11(3)16-9-12-6-10(2)7-14-8-12/h6-8,11,16H,4-5,9H2,1-3H3,(H,15,17). The molecule has 0 spiro atoms. The zero-order valence-electron chi connectivity index (χ0n) is 10.8. The highest BCUT2D eigenvalue weighted by atomic mass is 16.2. The van der Waals surface area contributed by atoms with Crippen LogP contribution in [-0.2, 0) is 11.3 Å². The van der Waals surface area contributed by atoms with Crippen LogP contribution in [0.25, 0.3) is 0 Å². The predicted molar refractivity (Wildman–Crippen MR) is 68.6 cm³/mol. The van der Waals surface area contributed by atoms with Gasteiger partial charge < -0.3 is 10.6 Å². The molecule has 94 valence electrons. The Bertz CT molecular complexity index is 365. The number of hydrogen-bond donors (Lipinski definition) is 2. The summed E-state index contributed by atoms with van der Waals surface area (Å²) >= 11 is 0. The second-order valence-electron chi connectivity index (χ2n) is 4.26. The van der Waals surface area contributed by atoms with Crippen LogP contribution < -0.4 is 10.6 Å². The van der Waals surface area contributed by atoms with Crippen LogP contribution >= 0.6 is 0 Å². The average Bonchev–Trinajstić information content (AvgIpc) is 2.33. The highest BCUT2D eigenvalue weighted by Crippen LogP contribution is 2.01. The zero-order chi connectivity index (χ0) is 12.7. The molecule has 1 amide bonds. The Morgan fingerprint density at radius 3 is 2.88 bits per heavy atom. The molecule has 1 heterocycles. The highest BCUT2D eigenvalue weighted by Gasteiger charge is 2.10. The number of hydrogen-bond acceptors (Lipinski definition) is 3. The molecule has 2 N–H and O–H groups in total. The molecule has 1 atom stereocenters. The van der Waals surface area contributed by atoms with Crippen LogP contribution in [0, 0.1) is 6.92 Å². The second kappa shape index (κ2) is 7.01. The Balaban J connectivity index is 2.37. The van der Waals surface area contributed by atoms with Gasteiger partial charge in [0.1, 0.15) is 0 Å². The van der Waals surface area contributed by atoms with E-state index in [4.69, 9.17) is 0 Å². The summed E-state index contributed by atoms with van der Waals surface area (Å²) in [4.78, 5) is 15.7. The Morgan fingerprint density at radius 2 is 2.24 bits per heavy atom. The van der Waals surface area contributed by atoms with E-state index in [1.54, 1.807) is 0 Å². The van der Waals surface area contributed by atoms with E-state index in [1.807, 2.05) is 33.2 Å². The van der Waals surface area contributed by atoms with Gasteiger partial charge in [-0.25, -0.2) is 0 Å². The molecule has 0 bridgehead atoms. The summed E-state index contributed by atoms with van der Waals surface area (Å²) in [7, 11) is 0. The Kier molecular flexibility index (Phi) is 5.63. The van der Waals surface area contributed by atoms with Crippen LogP contribution in [0.15, 0.2) is 18.5 Å². The van der Waals surface area contributed by atoms with E-state index in [-0.39, 0.29) is 11.9 Å². The largest absolute Gasteiger partial charge is 0.355 e. The third-order valence-corrected chi connectivity index (χ3v) is 2.49. The third kappa shape index (κ3) is 4.95. The Morgan fingerprint density at radius 1 is 1.47 bits per heavy atom. The van der Waals surface area contributed by atoms with Crippen LogP contribution in [-0.4, -0.2) is 23.5 Å². The minimum Gasteiger partial charge on any atom is -0.355 e. The van der Waals surface area contributed by atoms with Gasteiger partial charge in [0.25, 0.3) is 0 Å². The van der Waals surface area contributed by atoms with Gasteiger partial charge in [-0.15, -0.1) is 0 Å². The fraction of sp³-hybridized carbons (Fsp3) is 0.538. The van der Waals surface area contributed by atoms with E-state index in [0.717, 1.165) is 24.1 Å². The summed E-state index contributed by atoms with van der Waals surface area (Å²) in [6, 6.07) is 1.89. The molecule has 1 unspecified atom stereocenters. The summed E-state index contributed by atoms with van der Waals surface area (Å²) in [6.07, 6.45) is 4.60. The van der Waals surface area contributed by atoms with E-state index in [0.29, 0.717) is 6.54 Å². The van der Waals surface area contributed by atoms with Crippen molar-refractivity contribution in [2.45, 2.75) is 39.8 Å². The first-order chi connectivity index (χ1) is 8.13. The van der Waals surface area contributed by atoms with Crippen molar-refractivity contribution in [2.24, 2.45) is 0 Å². The number of amides is 1. The topological polar surface area (TPSA) is 54.0 Å². The maximum Gasteiger partial charge on any atom is 0.236 e. The van der Waals surface area contributed by atoms with E-state index < -0.39 is 0 Å². The fourth-order valence-electron chi connectivity index (χ4n) is 1.48. The molecule has 1 rings (SSSR count). The number of nitrogens with one attached hydrogen (secondary N) is 2. The van der Waals surface area contributed by atoms with Gasteiger partial charge in [0.05, 0.1) is 6.04 Å². The summed E-state index contributed by atoms with van der Waals surface area (Å²) in [6.45, 7) is 7.31. The summed E-state index contributed by atoms with van der Waals surface area (Å²) < 4.78 is 0. The molecule has 4 nitrogen and oxygen atoms in total. The first-order valence-corrected chi connectivity index (χ1v) is 6.05. The lowest BCUT2D eigenvalue weighted by atomic mass is 10.2. The van der Waals surface area contributed by atoms with Gasteiger partial charge in [-0.1, -0.05) is 13.0 Å². The number of pyridine rings is 1. The molecule has 0 saturated carbocycles. The summed E-state index contributed by atoms with van der Waals surface area (Å²) in [5.74, 6) is 0.0486.